The number of hydrogen-bond acceptors (Lipinski definition) is 5. The van der Waals surface area contributed by atoms with Crippen LogP contribution in [-0.2, 0) is 11.2 Å². The molecule has 0 amide bonds. The standard InChI is InChI=1S/C11H12O5/c1-5-3-6-4-7(12)10(15-2)9(13)8(6)11(14)16-5/h4-5,12-13H,3H2,1-2H3/t5-/m0/s1. The molecule has 0 aromatic heterocycles. The molecule has 0 fully saturated rings. The van der Waals surface area contributed by atoms with Gasteiger partial charge in [0.25, 0.3) is 0 Å². The van der Waals surface area contributed by atoms with Gasteiger partial charge in [0.1, 0.15) is 11.7 Å². The van der Waals surface area contributed by atoms with Gasteiger partial charge in [0, 0.05) is 6.42 Å². The van der Waals surface area contributed by atoms with Gasteiger partial charge >= 0.3 is 5.97 Å². The van der Waals surface area contributed by atoms with Gasteiger partial charge in [-0.05, 0) is 18.6 Å². The Morgan fingerprint density at radius 1 is 1.50 bits per heavy atom. The summed E-state index contributed by atoms with van der Waals surface area (Å²) >= 11 is 0. The van der Waals surface area contributed by atoms with Crippen molar-refractivity contribution in [2.45, 2.75) is 19.4 Å². The molecule has 1 atom stereocenters. The molecule has 2 N–H and O–H groups in total. The van der Waals surface area contributed by atoms with Crippen LogP contribution in [0.1, 0.15) is 22.8 Å². The molecule has 0 unspecified atom stereocenters. The fourth-order valence-electron chi connectivity index (χ4n) is 1.87. The zero-order valence-electron chi connectivity index (χ0n) is 8.98. The molecule has 1 aromatic rings. The van der Waals surface area contributed by atoms with Crippen molar-refractivity contribution in [1.29, 1.82) is 0 Å². The lowest BCUT2D eigenvalue weighted by molar-refractivity contribution is 0.0296. The summed E-state index contributed by atoms with van der Waals surface area (Å²) < 4.78 is 9.81. The van der Waals surface area contributed by atoms with E-state index in [0.717, 1.165) is 0 Å². The van der Waals surface area contributed by atoms with Gasteiger partial charge < -0.3 is 19.7 Å². The highest BCUT2D eigenvalue weighted by atomic mass is 16.5. The topological polar surface area (TPSA) is 76.0 Å². The Morgan fingerprint density at radius 3 is 2.81 bits per heavy atom. The molecule has 2 rings (SSSR count). The normalized spacial score (nSPS) is 18.9. The maximum atomic E-state index is 11.6. The summed E-state index contributed by atoms with van der Waals surface area (Å²) in [6.07, 6.45) is 0.207. The largest absolute Gasteiger partial charge is 0.504 e. The Hall–Kier alpha value is -1.91. The molecular formula is C11H12O5. The van der Waals surface area contributed by atoms with Crippen molar-refractivity contribution in [3.8, 4) is 17.2 Å². The number of ether oxygens (including phenoxy) is 2. The number of methoxy groups -OCH3 is 1. The van der Waals surface area contributed by atoms with Crippen LogP contribution in [0.2, 0.25) is 0 Å². The number of carbonyl (C=O) groups is 1. The number of benzene rings is 1. The molecule has 16 heavy (non-hydrogen) atoms. The number of cyclic esters (lactones) is 1. The molecule has 0 aliphatic carbocycles. The third kappa shape index (κ3) is 1.44. The summed E-state index contributed by atoms with van der Waals surface area (Å²) in [5.41, 5.74) is 0.646. The van der Waals surface area contributed by atoms with E-state index in [-0.39, 0.29) is 28.9 Å². The van der Waals surface area contributed by atoms with Crippen LogP contribution in [-0.4, -0.2) is 29.4 Å². The van der Waals surface area contributed by atoms with Crippen molar-refractivity contribution in [1.82, 2.24) is 0 Å². The number of aromatic hydroxyl groups is 2. The number of carbonyl (C=O) groups excluding carboxylic acids is 1. The van der Waals surface area contributed by atoms with Crippen molar-refractivity contribution in [2.75, 3.05) is 7.11 Å². The number of rotatable bonds is 1. The Kier molecular flexibility index (Phi) is 2.38. The predicted octanol–water partition coefficient (Wildman–Crippen LogP) is 1.21. The third-order valence-electron chi connectivity index (χ3n) is 2.54. The van der Waals surface area contributed by atoms with Crippen LogP contribution in [0, 0.1) is 0 Å². The van der Waals surface area contributed by atoms with E-state index in [4.69, 9.17) is 9.47 Å². The summed E-state index contributed by atoms with van der Waals surface area (Å²) in [5.74, 6) is -1.25. The highest BCUT2D eigenvalue weighted by molar-refractivity contribution is 5.96. The minimum atomic E-state index is -0.593. The van der Waals surface area contributed by atoms with Gasteiger partial charge in [-0.15, -0.1) is 0 Å². The number of phenols is 2. The minimum absolute atomic E-state index is 0.0766. The molecule has 1 aliphatic heterocycles. The lowest BCUT2D eigenvalue weighted by Crippen LogP contribution is -2.25. The van der Waals surface area contributed by atoms with Crippen LogP contribution in [0.15, 0.2) is 6.07 Å². The van der Waals surface area contributed by atoms with E-state index in [2.05, 4.69) is 0 Å². The fraction of sp³-hybridized carbons (Fsp3) is 0.364. The van der Waals surface area contributed by atoms with Crippen molar-refractivity contribution >= 4 is 5.97 Å². The van der Waals surface area contributed by atoms with Gasteiger partial charge in [0.15, 0.2) is 11.5 Å². The van der Waals surface area contributed by atoms with Crippen LogP contribution < -0.4 is 4.74 Å². The molecule has 0 saturated heterocycles. The fourth-order valence-corrected chi connectivity index (χ4v) is 1.87. The highest BCUT2D eigenvalue weighted by Crippen LogP contribution is 2.42. The zero-order valence-corrected chi connectivity index (χ0v) is 8.98. The van der Waals surface area contributed by atoms with E-state index >= 15 is 0 Å². The molecule has 1 aromatic carbocycles. The Bertz CT molecular complexity index is 452. The number of esters is 1. The zero-order chi connectivity index (χ0) is 11.9. The molecule has 1 heterocycles. The number of phenolic OH excluding ortho intramolecular Hbond substituents is 2. The minimum Gasteiger partial charge on any atom is -0.504 e. The third-order valence-corrected chi connectivity index (χ3v) is 2.54. The Morgan fingerprint density at radius 2 is 2.19 bits per heavy atom. The van der Waals surface area contributed by atoms with Gasteiger partial charge in [0.05, 0.1) is 7.11 Å². The molecular weight excluding hydrogens is 212 g/mol. The molecule has 0 saturated carbocycles. The molecule has 0 bridgehead atoms. The van der Waals surface area contributed by atoms with Gasteiger partial charge in [0.2, 0.25) is 5.75 Å². The molecule has 5 nitrogen and oxygen atoms in total. The van der Waals surface area contributed by atoms with Crippen molar-refractivity contribution < 1.29 is 24.5 Å². The molecule has 5 heteroatoms. The monoisotopic (exact) mass is 224 g/mol. The summed E-state index contributed by atoms with van der Waals surface area (Å²) in [7, 11) is 1.30. The Labute approximate surface area is 92.2 Å². The number of hydrogen-bond donors (Lipinski definition) is 2. The SMILES string of the molecule is COc1c(O)cc2c(c1O)C(=O)O[C@@H](C)C2. The smallest absolute Gasteiger partial charge is 0.342 e. The average Bonchev–Trinajstić information content (AvgIpc) is 2.15. The van der Waals surface area contributed by atoms with Crippen molar-refractivity contribution in [2.24, 2.45) is 0 Å². The van der Waals surface area contributed by atoms with Gasteiger partial charge in [-0.1, -0.05) is 0 Å². The van der Waals surface area contributed by atoms with Crippen molar-refractivity contribution in [3.05, 3.63) is 17.2 Å². The van der Waals surface area contributed by atoms with Crippen LogP contribution in [0.5, 0.6) is 17.2 Å². The summed E-state index contributed by atoms with van der Waals surface area (Å²) in [5, 5.41) is 19.4. The second kappa shape index (κ2) is 3.59. The lowest BCUT2D eigenvalue weighted by Gasteiger charge is -2.23. The molecule has 0 radical (unpaired) electrons. The lowest BCUT2D eigenvalue weighted by atomic mass is 9.97. The van der Waals surface area contributed by atoms with Crippen molar-refractivity contribution in [3.63, 3.8) is 0 Å². The van der Waals surface area contributed by atoms with Gasteiger partial charge in [-0.3, -0.25) is 0 Å². The van der Waals surface area contributed by atoms with E-state index in [0.29, 0.717) is 12.0 Å². The van der Waals surface area contributed by atoms with Crippen LogP contribution in [0.3, 0.4) is 0 Å². The quantitative estimate of drug-likeness (QED) is 0.701. The first kappa shape index (κ1) is 10.6. The Balaban J connectivity index is 2.64. The molecule has 86 valence electrons. The van der Waals surface area contributed by atoms with Crippen LogP contribution >= 0.6 is 0 Å². The average molecular weight is 224 g/mol. The van der Waals surface area contributed by atoms with E-state index < -0.39 is 5.97 Å². The van der Waals surface area contributed by atoms with Gasteiger partial charge in [-0.2, -0.15) is 0 Å². The second-order valence-electron chi connectivity index (χ2n) is 3.73. The van der Waals surface area contributed by atoms with Gasteiger partial charge in [-0.25, -0.2) is 4.79 Å². The molecule has 0 spiro atoms. The van der Waals surface area contributed by atoms with E-state index in [1.54, 1.807) is 6.92 Å². The summed E-state index contributed by atoms with van der Waals surface area (Å²) in [6.45, 7) is 1.75. The van der Waals surface area contributed by atoms with E-state index in [9.17, 15) is 15.0 Å². The predicted molar refractivity (Wildman–Crippen MR) is 54.9 cm³/mol. The first-order chi connectivity index (χ1) is 7.54. The summed E-state index contributed by atoms with van der Waals surface area (Å²) in [6, 6.07) is 1.42. The summed E-state index contributed by atoms with van der Waals surface area (Å²) in [4.78, 5) is 11.6. The first-order valence-electron chi connectivity index (χ1n) is 4.87. The van der Waals surface area contributed by atoms with Crippen LogP contribution in [0.25, 0.3) is 0 Å². The van der Waals surface area contributed by atoms with E-state index in [1.807, 2.05) is 0 Å². The second-order valence-corrected chi connectivity index (χ2v) is 3.73. The first-order valence-corrected chi connectivity index (χ1v) is 4.87. The maximum absolute atomic E-state index is 11.6. The number of fused-ring (bicyclic) bond motifs is 1. The molecule has 1 aliphatic rings. The maximum Gasteiger partial charge on any atom is 0.342 e. The van der Waals surface area contributed by atoms with E-state index in [1.165, 1.54) is 13.2 Å². The highest BCUT2D eigenvalue weighted by Gasteiger charge is 2.30. The van der Waals surface area contributed by atoms with Crippen LogP contribution in [0.4, 0.5) is 0 Å².